The second-order valence-corrected chi connectivity index (χ2v) is 8.45. The Morgan fingerprint density at radius 2 is 1.91 bits per heavy atom. The first-order valence-corrected chi connectivity index (χ1v) is 10.8. The number of ether oxygens (including phenoxy) is 2. The van der Waals surface area contributed by atoms with Gasteiger partial charge in [0.25, 0.3) is 5.91 Å². The van der Waals surface area contributed by atoms with Crippen molar-refractivity contribution in [2.45, 2.75) is 43.9 Å². The molecular formula is C22H21ClFN5O3. The molecule has 1 aromatic heterocycles. The minimum Gasteiger partial charge on any atom is -0.490 e. The van der Waals surface area contributed by atoms with Gasteiger partial charge < -0.3 is 14.4 Å². The van der Waals surface area contributed by atoms with Gasteiger partial charge in [0.2, 0.25) is 5.82 Å². The number of piperidine rings is 1. The van der Waals surface area contributed by atoms with Crippen LogP contribution in [0.5, 0.6) is 11.5 Å². The van der Waals surface area contributed by atoms with Crippen LogP contribution < -0.4 is 9.47 Å². The number of benzene rings is 2. The Morgan fingerprint density at radius 3 is 2.59 bits per heavy atom. The van der Waals surface area contributed by atoms with E-state index in [4.69, 9.17) is 21.1 Å². The van der Waals surface area contributed by atoms with Gasteiger partial charge in [-0.05, 0) is 60.5 Å². The number of aromatic amines is 1. The molecule has 1 N–H and O–H groups in total. The highest BCUT2D eigenvalue weighted by Gasteiger charge is 2.44. The summed E-state index contributed by atoms with van der Waals surface area (Å²) in [6.07, 6.45) is 3.37. The van der Waals surface area contributed by atoms with E-state index in [0.717, 1.165) is 25.7 Å². The van der Waals surface area contributed by atoms with Crippen molar-refractivity contribution in [3.05, 3.63) is 53.3 Å². The summed E-state index contributed by atoms with van der Waals surface area (Å²) in [6.45, 7) is -0.0943. The number of hydrogen-bond donors (Lipinski definition) is 1. The summed E-state index contributed by atoms with van der Waals surface area (Å²) in [5.41, 5.74) is 0.563. The summed E-state index contributed by atoms with van der Waals surface area (Å²) in [7, 11) is 0. The van der Waals surface area contributed by atoms with E-state index in [1.54, 1.807) is 30.3 Å². The van der Waals surface area contributed by atoms with Crippen LogP contribution in [0, 0.1) is 5.82 Å². The van der Waals surface area contributed by atoms with Crippen LogP contribution in [0.1, 0.15) is 25.7 Å². The van der Waals surface area contributed by atoms with Gasteiger partial charge in [-0.2, -0.15) is 5.21 Å². The van der Waals surface area contributed by atoms with E-state index in [9.17, 15) is 9.18 Å². The Labute approximate surface area is 188 Å². The molecule has 2 aliphatic heterocycles. The molecule has 2 aromatic carbocycles. The van der Waals surface area contributed by atoms with Crippen LogP contribution >= 0.6 is 11.6 Å². The van der Waals surface area contributed by atoms with Crippen molar-refractivity contribution in [1.82, 2.24) is 25.5 Å². The molecule has 2 saturated heterocycles. The van der Waals surface area contributed by atoms with Crippen LogP contribution in [0.3, 0.4) is 0 Å². The molecule has 32 heavy (non-hydrogen) atoms. The number of halogens is 2. The van der Waals surface area contributed by atoms with E-state index in [2.05, 4.69) is 20.6 Å². The highest BCUT2D eigenvalue weighted by atomic mass is 35.5. The highest BCUT2D eigenvalue weighted by molar-refractivity contribution is 6.30. The molecule has 2 aliphatic rings. The number of carbonyl (C=O) groups is 1. The number of tetrazole rings is 1. The van der Waals surface area contributed by atoms with Crippen LogP contribution in [0.4, 0.5) is 4.39 Å². The number of aromatic nitrogens is 4. The number of hydrogen-bond acceptors (Lipinski definition) is 6. The lowest BCUT2D eigenvalue weighted by Gasteiger charge is -2.38. The average molecular weight is 458 g/mol. The molecule has 2 fully saturated rings. The molecule has 0 saturated carbocycles. The van der Waals surface area contributed by atoms with Crippen molar-refractivity contribution in [3.63, 3.8) is 0 Å². The van der Waals surface area contributed by atoms with Crippen molar-refractivity contribution in [2.75, 3.05) is 6.61 Å². The Morgan fingerprint density at radius 1 is 1.16 bits per heavy atom. The summed E-state index contributed by atoms with van der Waals surface area (Å²) in [5, 5.41) is 14.4. The molecule has 5 rings (SSSR count). The van der Waals surface area contributed by atoms with E-state index >= 15 is 0 Å². The number of nitrogens with zero attached hydrogens (tertiary/aromatic N) is 4. The number of fused-ring (bicyclic) bond motifs is 2. The largest absolute Gasteiger partial charge is 0.490 e. The first-order valence-electron chi connectivity index (χ1n) is 10.5. The molecule has 0 radical (unpaired) electrons. The maximum absolute atomic E-state index is 13.1. The molecule has 10 heteroatoms. The zero-order valence-corrected chi connectivity index (χ0v) is 17.8. The van der Waals surface area contributed by atoms with Crippen LogP contribution in [0.2, 0.25) is 5.02 Å². The van der Waals surface area contributed by atoms with Crippen LogP contribution in [-0.4, -0.2) is 56.2 Å². The smallest absolute Gasteiger partial charge is 0.261 e. The maximum Gasteiger partial charge on any atom is 0.261 e. The van der Waals surface area contributed by atoms with E-state index < -0.39 is 0 Å². The third-order valence-corrected chi connectivity index (χ3v) is 6.21. The molecular weight excluding hydrogens is 437 g/mol. The quantitative estimate of drug-likeness (QED) is 0.607. The molecule has 0 spiro atoms. The van der Waals surface area contributed by atoms with Crippen molar-refractivity contribution < 1.29 is 18.7 Å². The molecule has 3 atom stereocenters. The van der Waals surface area contributed by atoms with Gasteiger partial charge in [-0.3, -0.25) is 4.79 Å². The summed E-state index contributed by atoms with van der Waals surface area (Å²) in [5.74, 6) is 1.10. The lowest BCUT2D eigenvalue weighted by atomic mass is 9.99. The summed E-state index contributed by atoms with van der Waals surface area (Å²) in [4.78, 5) is 15.0. The first-order chi connectivity index (χ1) is 15.6. The third-order valence-electron chi connectivity index (χ3n) is 5.97. The van der Waals surface area contributed by atoms with Crippen molar-refractivity contribution in [3.8, 4) is 22.9 Å². The van der Waals surface area contributed by atoms with Gasteiger partial charge in [0.1, 0.15) is 23.4 Å². The van der Waals surface area contributed by atoms with Gasteiger partial charge >= 0.3 is 0 Å². The topological polar surface area (TPSA) is 93.2 Å². The Kier molecular flexibility index (Phi) is 5.65. The fourth-order valence-corrected chi connectivity index (χ4v) is 4.80. The van der Waals surface area contributed by atoms with Crippen molar-refractivity contribution in [2.24, 2.45) is 0 Å². The normalized spacial score (nSPS) is 22.1. The molecule has 2 bridgehead atoms. The molecule has 8 nitrogen and oxygen atoms in total. The van der Waals surface area contributed by atoms with Gasteiger partial charge in [0, 0.05) is 29.9 Å². The number of H-pyrrole nitrogens is 1. The Hall–Kier alpha value is -3.20. The van der Waals surface area contributed by atoms with Gasteiger partial charge in [-0.25, -0.2) is 4.39 Å². The lowest BCUT2D eigenvalue weighted by Crippen LogP contribution is -2.50. The minimum atomic E-state index is -0.291. The Bertz CT molecular complexity index is 1080. The number of amides is 1. The van der Waals surface area contributed by atoms with Gasteiger partial charge in [-0.15, -0.1) is 10.2 Å². The monoisotopic (exact) mass is 457 g/mol. The molecule has 1 amide bonds. The molecule has 3 heterocycles. The second-order valence-electron chi connectivity index (χ2n) is 8.02. The van der Waals surface area contributed by atoms with Crippen LogP contribution in [-0.2, 0) is 4.79 Å². The van der Waals surface area contributed by atoms with Gasteiger partial charge in [-0.1, -0.05) is 11.6 Å². The van der Waals surface area contributed by atoms with Gasteiger partial charge in [0.05, 0.1) is 5.56 Å². The van der Waals surface area contributed by atoms with Crippen molar-refractivity contribution in [1.29, 1.82) is 0 Å². The Balaban J connectivity index is 1.23. The van der Waals surface area contributed by atoms with Gasteiger partial charge in [0.15, 0.2) is 6.61 Å². The highest BCUT2D eigenvalue weighted by Crippen LogP contribution is 2.38. The third kappa shape index (κ3) is 4.25. The predicted octanol–water partition coefficient (Wildman–Crippen LogP) is 3.64. The fraction of sp³-hybridized carbons (Fsp3) is 0.364. The molecule has 166 valence electrons. The zero-order chi connectivity index (χ0) is 22.1. The summed E-state index contributed by atoms with van der Waals surface area (Å²) in [6, 6.07) is 11.3. The molecule has 0 aliphatic carbocycles. The standard InChI is InChI=1S/C22H21ClFN5O3/c23-13-1-8-20(19(9-13)22-25-27-28-26-22)31-12-21(30)29-15-4-5-16(29)11-18(10-15)32-17-6-2-14(24)3-7-17/h1-3,6-9,15-16,18H,4-5,10-12H2,(H,25,26,27,28)/t15-,16+,18?. The lowest BCUT2D eigenvalue weighted by molar-refractivity contribution is -0.139. The van der Waals surface area contributed by atoms with E-state index in [1.165, 1.54) is 12.1 Å². The van der Waals surface area contributed by atoms with E-state index in [0.29, 0.717) is 27.9 Å². The van der Waals surface area contributed by atoms with E-state index in [1.807, 2.05) is 4.90 Å². The number of rotatable bonds is 6. The van der Waals surface area contributed by atoms with E-state index in [-0.39, 0.29) is 36.5 Å². The SMILES string of the molecule is O=C(COc1ccc(Cl)cc1-c1nn[nH]n1)N1[C@@H]2CC[C@H]1CC(Oc1ccc(F)cc1)C2. The van der Waals surface area contributed by atoms with Crippen molar-refractivity contribution >= 4 is 17.5 Å². The second kappa shape index (κ2) is 8.74. The molecule has 3 aromatic rings. The predicted molar refractivity (Wildman–Crippen MR) is 114 cm³/mol. The molecule has 1 unspecified atom stereocenters. The minimum absolute atomic E-state index is 0.00374. The average Bonchev–Trinajstić information content (AvgIpc) is 3.41. The fourth-order valence-electron chi connectivity index (χ4n) is 4.63. The first kappa shape index (κ1) is 20.7. The maximum atomic E-state index is 13.1. The number of carbonyl (C=O) groups excluding carboxylic acids is 1. The van der Waals surface area contributed by atoms with Crippen LogP contribution in [0.25, 0.3) is 11.4 Å². The van der Waals surface area contributed by atoms with Crippen LogP contribution in [0.15, 0.2) is 42.5 Å². The summed E-state index contributed by atoms with van der Waals surface area (Å²) < 4.78 is 25.0. The zero-order valence-electron chi connectivity index (χ0n) is 17.1. The number of nitrogens with one attached hydrogen (secondary N) is 1. The summed E-state index contributed by atoms with van der Waals surface area (Å²) >= 11 is 6.10.